The van der Waals surface area contributed by atoms with Crippen molar-refractivity contribution in [1.29, 1.82) is 0 Å². The highest BCUT2D eigenvalue weighted by atomic mass is 32.1. The van der Waals surface area contributed by atoms with Gasteiger partial charge in [-0.1, -0.05) is 0 Å². The van der Waals surface area contributed by atoms with Crippen LogP contribution in [0, 0.1) is 13.8 Å². The van der Waals surface area contributed by atoms with Crippen LogP contribution in [0.5, 0.6) is 0 Å². The van der Waals surface area contributed by atoms with E-state index in [1.54, 1.807) is 18.3 Å². The summed E-state index contributed by atoms with van der Waals surface area (Å²) in [4.78, 5) is 20.2. The Kier molecular flexibility index (Phi) is 3.57. The SMILES string of the molecule is Cc1cc(C(=O)O)nc(NCc2sccc2C)n1. The summed E-state index contributed by atoms with van der Waals surface area (Å²) in [5.74, 6) is -0.698. The first kappa shape index (κ1) is 12.5. The number of anilines is 1. The van der Waals surface area contributed by atoms with Crippen molar-refractivity contribution in [1.82, 2.24) is 9.97 Å². The minimum atomic E-state index is -1.05. The third-order valence-electron chi connectivity index (χ3n) is 2.45. The number of rotatable bonds is 4. The maximum absolute atomic E-state index is 10.9. The summed E-state index contributed by atoms with van der Waals surface area (Å²) in [6.07, 6.45) is 0. The van der Waals surface area contributed by atoms with Crippen LogP contribution in [-0.2, 0) is 6.54 Å². The Bertz CT molecular complexity index is 580. The summed E-state index contributed by atoms with van der Waals surface area (Å²) >= 11 is 1.65. The van der Waals surface area contributed by atoms with Crippen LogP contribution in [0.4, 0.5) is 5.95 Å². The molecule has 0 fully saturated rings. The number of aryl methyl sites for hydroxylation is 2. The number of aromatic carboxylic acids is 1. The van der Waals surface area contributed by atoms with Gasteiger partial charge in [-0.05, 0) is 36.9 Å². The van der Waals surface area contributed by atoms with Gasteiger partial charge in [-0.3, -0.25) is 0 Å². The number of hydrogen-bond acceptors (Lipinski definition) is 5. The van der Waals surface area contributed by atoms with Crippen LogP contribution >= 0.6 is 11.3 Å². The van der Waals surface area contributed by atoms with Gasteiger partial charge in [-0.15, -0.1) is 11.3 Å². The van der Waals surface area contributed by atoms with Gasteiger partial charge in [0, 0.05) is 10.6 Å². The van der Waals surface area contributed by atoms with Crippen LogP contribution in [0.3, 0.4) is 0 Å². The van der Waals surface area contributed by atoms with Crippen molar-refractivity contribution in [2.75, 3.05) is 5.32 Å². The van der Waals surface area contributed by atoms with E-state index >= 15 is 0 Å². The van der Waals surface area contributed by atoms with Crippen LogP contribution in [0.15, 0.2) is 17.5 Å². The Morgan fingerprint density at radius 2 is 2.22 bits per heavy atom. The van der Waals surface area contributed by atoms with Gasteiger partial charge >= 0.3 is 5.97 Å². The molecule has 0 amide bonds. The smallest absolute Gasteiger partial charge is 0.354 e. The van der Waals surface area contributed by atoms with E-state index in [0.29, 0.717) is 18.2 Å². The lowest BCUT2D eigenvalue weighted by Gasteiger charge is -2.06. The molecule has 2 aromatic rings. The lowest BCUT2D eigenvalue weighted by Crippen LogP contribution is -2.09. The van der Waals surface area contributed by atoms with E-state index in [1.165, 1.54) is 16.5 Å². The molecule has 6 heteroatoms. The topological polar surface area (TPSA) is 75.1 Å². The molecule has 5 nitrogen and oxygen atoms in total. The van der Waals surface area contributed by atoms with Crippen molar-refractivity contribution in [3.63, 3.8) is 0 Å². The van der Waals surface area contributed by atoms with Gasteiger partial charge in [0.2, 0.25) is 5.95 Å². The molecule has 0 radical (unpaired) electrons. The molecule has 0 bridgehead atoms. The second-order valence-corrected chi connectivity index (χ2v) is 4.90. The molecule has 94 valence electrons. The Morgan fingerprint density at radius 3 is 2.83 bits per heavy atom. The fourth-order valence-electron chi connectivity index (χ4n) is 1.50. The third kappa shape index (κ3) is 2.84. The second kappa shape index (κ2) is 5.14. The zero-order chi connectivity index (χ0) is 13.1. The molecule has 0 aliphatic heterocycles. The minimum absolute atomic E-state index is 0.00732. The number of nitrogens with zero attached hydrogens (tertiary/aromatic N) is 2. The summed E-state index contributed by atoms with van der Waals surface area (Å²) in [5.41, 5.74) is 1.85. The molecule has 0 unspecified atom stereocenters. The minimum Gasteiger partial charge on any atom is -0.477 e. The lowest BCUT2D eigenvalue weighted by atomic mass is 10.3. The molecular formula is C12H13N3O2S. The summed E-state index contributed by atoms with van der Waals surface area (Å²) in [7, 11) is 0. The molecule has 0 aliphatic rings. The van der Waals surface area contributed by atoms with Gasteiger partial charge in [0.1, 0.15) is 0 Å². The highest BCUT2D eigenvalue weighted by Crippen LogP contribution is 2.16. The number of hydrogen-bond donors (Lipinski definition) is 2. The first-order valence-corrected chi connectivity index (χ1v) is 6.30. The van der Waals surface area contributed by atoms with Gasteiger partial charge < -0.3 is 10.4 Å². The summed E-state index contributed by atoms with van der Waals surface area (Å²) in [6.45, 7) is 4.38. The Balaban J connectivity index is 2.14. The van der Waals surface area contributed by atoms with Crippen molar-refractivity contribution >= 4 is 23.3 Å². The molecule has 2 N–H and O–H groups in total. The number of nitrogens with one attached hydrogen (secondary N) is 1. The predicted molar refractivity (Wildman–Crippen MR) is 70.1 cm³/mol. The Hall–Kier alpha value is -1.95. The monoisotopic (exact) mass is 263 g/mol. The van der Waals surface area contributed by atoms with E-state index in [-0.39, 0.29) is 5.69 Å². The lowest BCUT2D eigenvalue weighted by molar-refractivity contribution is 0.0690. The van der Waals surface area contributed by atoms with E-state index in [1.807, 2.05) is 18.4 Å². The van der Waals surface area contributed by atoms with Crippen LogP contribution in [0.2, 0.25) is 0 Å². The predicted octanol–water partition coefficient (Wildman–Crippen LogP) is 2.47. The van der Waals surface area contributed by atoms with E-state index in [0.717, 1.165) is 0 Å². The van der Waals surface area contributed by atoms with Crippen molar-refractivity contribution < 1.29 is 9.90 Å². The molecule has 2 rings (SSSR count). The normalized spacial score (nSPS) is 10.3. The van der Waals surface area contributed by atoms with Crippen LogP contribution in [0.1, 0.15) is 26.6 Å². The number of carboxylic acids is 1. The standard InChI is InChI=1S/C12H13N3O2S/c1-7-3-4-18-10(7)6-13-12-14-8(2)5-9(15-12)11(16)17/h3-5H,6H2,1-2H3,(H,16,17)(H,13,14,15). The van der Waals surface area contributed by atoms with Crippen LogP contribution in [0.25, 0.3) is 0 Å². The molecule has 0 saturated heterocycles. The number of carboxylic acid groups (broad SMARTS) is 1. The van der Waals surface area contributed by atoms with E-state index < -0.39 is 5.97 Å². The molecule has 18 heavy (non-hydrogen) atoms. The molecule has 2 heterocycles. The third-order valence-corrected chi connectivity index (χ3v) is 3.47. The molecular weight excluding hydrogens is 250 g/mol. The first-order valence-electron chi connectivity index (χ1n) is 5.42. The fourth-order valence-corrected chi connectivity index (χ4v) is 2.35. The maximum atomic E-state index is 10.9. The number of thiophene rings is 1. The van der Waals surface area contributed by atoms with Crippen molar-refractivity contribution in [3.8, 4) is 0 Å². The Labute approximate surface area is 109 Å². The molecule has 2 aromatic heterocycles. The molecule has 0 spiro atoms. The number of carbonyl (C=O) groups is 1. The van der Waals surface area contributed by atoms with Crippen molar-refractivity contribution in [3.05, 3.63) is 39.3 Å². The van der Waals surface area contributed by atoms with Gasteiger partial charge in [0.25, 0.3) is 0 Å². The fraction of sp³-hybridized carbons (Fsp3) is 0.250. The highest BCUT2D eigenvalue weighted by Gasteiger charge is 2.08. The first-order chi connectivity index (χ1) is 8.56. The maximum Gasteiger partial charge on any atom is 0.354 e. The summed E-state index contributed by atoms with van der Waals surface area (Å²) in [6, 6.07) is 3.49. The molecule has 0 atom stereocenters. The van der Waals surface area contributed by atoms with Gasteiger partial charge in [-0.25, -0.2) is 14.8 Å². The average molecular weight is 263 g/mol. The highest BCUT2D eigenvalue weighted by molar-refractivity contribution is 7.10. The van der Waals surface area contributed by atoms with Crippen molar-refractivity contribution in [2.45, 2.75) is 20.4 Å². The van der Waals surface area contributed by atoms with Gasteiger partial charge in [-0.2, -0.15) is 0 Å². The van der Waals surface area contributed by atoms with Crippen LogP contribution in [-0.4, -0.2) is 21.0 Å². The van der Waals surface area contributed by atoms with E-state index in [4.69, 9.17) is 5.11 Å². The van der Waals surface area contributed by atoms with Crippen LogP contribution < -0.4 is 5.32 Å². The van der Waals surface area contributed by atoms with Gasteiger partial charge in [0.05, 0.1) is 6.54 Å². The second-order valence-electron chi connectivity index (χ2n) is 3.90. The largest absolute Gasteiger partial charge is 0.477 e. The molecule has 0 aromatic carbocycles. The van der Waals surface area contributed by atoms with Crippen molar-refractivity contribution in [2.24, 2.45) is 0 Å². The average Bonchev–Trinajstić information content (AvgIpc) is 2.71. The Morgan fingerprint density at radius 1 is 1.44 bits per heavy atom. The number of aromatic nitrogens is 2. The van der Waals surface area contributed by atoms with E-state index in [2.05, 4.69) is 15.3 Å². The molecule has 0 saturated carbocycles. The quantitative estimate of drug-likeness (QED) is 0.886. The van der Waals surface area contributed by atoms with E-state index in [9.17, 15) is 4.79 Å². The zero-order valence-corrected chi connectivity index (χ0v) is 10.9. The van der Waals surface area contributed by atoms with Gasteiger partial charge in [0.15, 0.2) is 5.69 Å². The molecule has 0 aliphatic carbocycles. The zero-order valence-electron chi connectivity index (χ0n) is 10.1. The summed E-state index contributed by atoms with van der Waals surface area (Å²) < 4.78 is 0. The summed E-state index contributed by atoms with van der Waals surface area (Å²) in [5, 5.41) is 14.0.